The highest BCUT2D eigenvalue weighted by Gasteiger charge is 2.40. The lowest BCUT2D eigenvalue weighted by atomic mass is 10.00. The van der Waals surface area contributed by atoms with Gasteiger partial charge in [-0.25, -0.2) is 0 Å². The molecule has 0 radical (unpaired) electrons. The van der Waals surface area contributed by atoms with E-state index in [0.29, 0.717) is 11.8 Å². The van der Waals surface area contributed by atoms with Crippen LogP contribution in [-0.2, 0) is 0 Å². The third-order valence-electron chi connectivity index (χ3n) is 3.61. The Morgan fingerprint density at radius 1 is 0.882 bits per heavy atom. The molecule has 1 saturated carbocycles. The van der Waals surface area contributed by atoms with Crippen molar-refractivity contribution < 1.29 is 0 Å². The summed E-state index contributed by atoms with van der Waals surface area (Å²) >= 11 is 0. The Balaban J connectivity index is 1.76. The number of rotatable bonds is 3. The minimum atomic E-state index is 0.639. The molecule has 1 fully saturated rings. The maximum absolute atomic E-state index is 4.26. The van der Waals surface area contributed by atoms with Crippen LogP contribution in [0.2, 0.25) is 0 Å². The van der Waals surface area contributed by atoms with Crippen molar-refractivity contribution in [3.05, 3.63) is 78.4 Å². The zero-order valence-electron chi connectivity index (χ0n) is 9.84. The molecular formula is C17H16. The average Bonchev–Trinajstić information content (AvgIpc) is 3.20. The van der Waals surface area contributed by atoms with Gasteiger partial charge in [0.15, 0.2) is 0 Å². The molecule has 2 aromatic rings. The normalized spacial score (nSPS) is 22.1. The van der Waals surface area contributed by atoms with Crippen LogP contribution in [0.15, 0.2) is 67.2 Å². The summed E-state index contributed by atoms with van der Waals surface area (Å²) in [6, 6.07) is 21.3. The monoisotopic (exact) mass is 220 g/mol. The van der Waals surface area contributed by atoms with Gasteiger partial charge in [0.05, 0.1) is 0 Å². The summed E-state index contributed by atoms with van der Waals surface area (Å²) in [6.45, 7) is 4.26. The molecule has 17 heavy (non-hydrogen) atoms. The highest BCUT2D eigenvalue weighted by atomic mass is 14.4. The number of hydrogen-bond donors (Lipinski definition) is 0. The van der Waals surface area contributed by atoms with E-state index in [1.807, 2.05) is 0 Å². The molecule has 0 nitrogen and oxygen atoms in total. The van der Waals surface area contributed by atoms with Crippen molar-refractivity contribution in [3.63, 3.8) is 0 Å². The predicted molar refractivity (Wildman–Crippen MR) is 72.8 cm³/mol. The molecular weight excluding hydrogens is 204 g/mol. The molecule has 2 atom stereocenters. The van der Waals surface area contributed by atoms with Gasteiger partial charge in [-0.3, -0.25) is 0 Å². The van der Waals surface area contributed by atoms with E-state index in [4.69, 9.17) is 0 Å². The van der Waals surface area contributed by atoms with Gasteiger partial charge < -0.3 is 0 Å². The molecule has 0 bridgehead atoms. The molecule has 0 saturated heterocycles. The van der Waals surface area contributed by atoms with E-state index in [0.717, 1.165) is 0 Å². The minimum absolute atomic E-state index is 0.639. The molecule has 0 heterocycles. The van der Waals surface area contributed by atoms with E-state index in [1.54, 1.807) is 0 Å². The third-order valence-corrected chi connectivity index (χ3v) is 3.61. The molecule has 0 N–H and O–H groups in total. The quantitative estimate of drug-likeness (QED) is 0.714. The number of hydrogen-bond acceptors (Lipinski definition) is 0. The molecule has 0 spiro atoms. The topological polar surface area (TPSA) is 0 Å². The van der Waals surface area contributed by atoms with Crippen LogP contribution >= 0.6 is 0 Å². The smallest absolute Gasteiger partial charge is 0.00868 e. The maximum atomic E-state index is 4.26. The predicted octanol–water partition coefficient (Wildman–Crippen LogP) is 4.50. The van der Waals surface area contributed by atoms with E-state index in [9.17, 15) is 0 Å². The van der Waals surface area contributed by atoms with Gasteiger partial charge in [0.25, 0.3) is 0 Å². The first-order chi connectivity index (χ1) is 8.36. The molecule has 1 aliphatic carbocycles. The summed E-state index contributed by atoms with van der Waals surface area (Å²) in [5.74, 6) is 1.32. The Hall–Kier alpha value is -1.82. The van der Waals surface area contributed by atoms with E-state index in [-0.39, 0.29) is 0 Å². The summed E-state index contributed by atoms with van der Waals surface area (Å²) in [5, 5.41) is 0. The number of allylic oxidation sites excluding steroid dienone is 1. The molecule has 0 amide bonds. The summed E-state index contributed by atoms with van der Waals surface area (Å²) < 4.78 is 0. The van der Waals surface area contributed by atoms with Gasteiger partial charge in [0.1, 0.15) is 0 Å². The molecule has 0 unspecified atom stereocenters. The average molecular weight is 220 g/mol. The van der Waals surface area contributed by atoms with E-state index in [1.165, 1.54) is 23.1 Å². The van der Waals surface area contributed by atoms with Gasteiger partial charge in [-0.2, -0.15) is 0 Å². The fraction of sp³-hybridized carbons (Fsp3) is 0.176. The largest absolute Gasteiger partial charge is 0.0949 e. The van der Waals surface area contributed by atoms with Crippen molar-refractivity contribution in [2.24, 2.45) is 5.92 Å². The van der Waals surface area contributed by atoms with Crippen LogP contribution in [0, 0.1) is 5.92 Å². The maximum Gasteiger partial charge on any atom is -0.00868 e. The Kier molecular flexibility index (Phi) is 2.56. The zero-order chi connectivity index (χ0) is 11.7. The van der Waals surface area contributed by atoms with Crippen LogP contribution in [-0.4, -0.2) is 0 Å². The summed E-state index contributed by atoms with van der Waals surface area (Å²) in [7, 11) is 0. The van der Waals surface area contributed by atoms with Crippen molar-refractivity contribution in [2.75, 3.05) is 0 Å². The fourth-order valence-corrected chi connectivity index (χ4v) is 2.52. The molecule has 1 aliphatic rings. The molecule has 0 heteroatoms. The third kappa shape index (κ3) is 2.03. The van der Waals surface area contributed by atoms with Crippen molar-refractivity contribution in [2.45, 2.75) is 12.3 Å². The Labute approximate surface area is 103 Å². The lowest BCUT2D eigenvalue weighted by Gasteiger charge is -2.05. The second kappa shape index (κ2) is 4.21. The first-order valence-electron chi connectivity index (χ1n) is 6.15. The van der Waals surface area contributed by atoms with Gasteiger partial charge in [0, 0.05) is 0 Å². The van der Waals surface area contributed by atoms with Crippen LogP contribution < -0.4 is 0 Å². The first-order valence-corrected chi connectivity index (χ1v) is 6.15. The van der Waals surface area contributed by atoms with Gasteiger partial charge in [-0.1, -0.05) is 67.2 Å². The summed E-state index contributed by atoms with van der Waals surface area (Å²) in [5.41, 5.74) is 4.03. The van der Waals surface area contributed by atoms with Crippen LogP contribution in [0.3, 0.4) is 0 Å². The Morgan fingerprint density at radius 2 is 1.47 bits per heavy atom. The van der Waals surface area contributed by atoms with Crippen LogP contribution in [0.25, 0.3) is 5.57 Å². The molecule has 84 valence electrons. The van der Waals surface area contributed by atoms with E-state index < -0.39 is 0 Å². The van der Waals surface area contributed by atoms with Gasteiger partial charge in [0.2, 0.25) is 0 Å². The van der Waals surface area contributed by atoms with Crippen molar-refractivity contribution in [1.82, 2.24) is 0 Å². The second-order valence-corrected chi connectivity index (χ2v) is 4.75. The lowest BCUT2D eigenvalue weighted by molar-refractivity contribution is 1.03. The van der Waals surface area contributed by atoms with Crippen molar-refractivity contribution in [3.8, 4) is 0 Å². The van der Waals surface area contributed by atoms with Gasteiger partial charge >= 0.3 is 0 Å². The second-order valence-electron chi connectivity index (χ2n) is 4.75. The lowest BCUT2D eigenvalue weighted by Crippen LogP contribution is -1.87. The highest BCUT2D eigenvalue weighted by molar-refractivity contribution is 5.69. The minimum Gasteiger partial charge on any atom is -0.0949 e. The van der Waals surface area contributed by atoms with Crippen LogP contribution in [0.5, 0.6) is 0 Å². The molecule has 3 rings (SSSR count). The first kappa shape index (κ1) is 10.3. The summed E-state index contributed by atoms with van der Waals surface area (Å²) in [4.78, 5) is 0. The van der Waals surface area contributed by atoms with Crippen molar-refractivity contribution >= 4 is 5.57 Å². The van der Waals surface area contributed by atoms with Crippen LogP contribution in [0.4, 0.5) is 0 Å². The van der Waals surface area contributed by atoms with E-state index in [2.05, 4.69) is 67.2 Å². The molecule has 2 aromatic carbocycles. The summed E-state index contributed by atoms with van der Waals surface area (Å²) in [6.07, 6.45) is 1.25. The van der Waals surface area contributed by atoms with Crippen LogP contribution in [0.1, 0.15) is 23.5 Å². The Morgan fingerprint density at radius 3 is 2.12 bits per heavy atom. The molecule has 0 aliphatic heterocycles. The fourth-order valence-electron chi connectivity index (χ4n) is 2.52. The molecule has 0 aromatic heterocycles. The van der Waals surface area contributed by atoms with Crippen molar-refractivity contribution in [1.29, 1.82) is 0 Å². The Bertz CT molecular complexity index is 510. The van der Waals surface area contributed by atoms with E-state index >= 15 is 0 Å². The number of benzene rings is 2. The SMILES string of the molecule is C=C(c1ccccc1)[C@H]1C[C@@H]1c1ccccc1. The van der Waals surface area contributed by atoms with Gasteiger partial charge in [-0.05, 0) is 35.0 Å². The highest BCUT2D eigenvalue weighted by Crippen LogP contribution is 2.53. The standard InChI is InChI=1S/C17H16/c1-13(14-8-4-2-5-9-14)16-12-17(16)15-10-6-3-7-11-15/h2-11,16-17H,1,12H2/t16-,17-/m1/s1. The van der Waals surface area contributed by atoms with Gasteiger partial charge in [-0.15, -0.1) is 0 Å². The zero-order valence-corrected chi connectivity index (χ0v) is 9.84.